The molecule has 0 radical (unpaired) electrons. The van der Waals surface area contributed by atoms with Crippen molar-refractivity contribution in [2.75, 3.05) is 6.54 Å². The van der Waals surface area contributed by atoms with Gasteiger partial charge in [0, 0.05) is 18.0 Å². The number of alkyl halides is 3. The fraction of sp³-hybridized carbons (Fsp3) is 0.316. The van der Waals surface area contributed by atoms with Gasteiger partial charge in [-0.2, -0.15) is 18.2 Å². The molecule has 1 aromatic carbocycles. The molecule has 9 heteroatoms. The largest absolute Gasteiger partial charge is 0.471 e. The molecule has 1 amide bonds. The van der Waals surface area contributed by atoms with Crippen LogP contribution in [0.5, 0.6) is 0 Å². The van der Waals surface area contributed by atoms with Gasteiger partial charge in [-0.1, -0.05) is 35.0 Å². The van der Waals surface area contributed by atoms with Crippen molar-refractivity contribution in [2.24, 2.45) is 0 Å². The number of carbonyl (C=O) groups excluding carboxylic acids is 1. The van der Waals surface area contributed by atoms with Crippen molar-refractivity contribution in [3.63, 3.8) is 0 Å². The predicted octanol–water partition coefficient (Wildman–Crippen LogP) is 4.25. The molecule has 0 atom stereocenters. The lowest BCUT2D eigenvalue weighted by Crippen LogP contribution is -2.36. The number of carbonyl (C=O) groups is 1. The summed E-state index contributed by atoms with van der Waals surface area (Å²) in [6, 6.07) is 9.58. The van der Waals surface area contributed by atoms with Crippen LogP contribution in [-0.4, -0.2) is 27.5 Å². The van der Waals surface area contributed by atoms with Gasteiger partial charge in [0.2, 0.25) is 11.7 Å². The number of hydrogen-bond donors (Lipinski definition) is 0. The molecule has 0 unspecified atom stereocenters. The lowest BCUT2D eigenvalue weighted by atomic mass is 10.1. The third-order valence-electron chi connectivity index (χ3n) is 4.58. The number of nitrogens with zero attached hydrogens (tertiary/aromatic N) is 3. The van der Waals surface area contributed by atoms with E-state index in [0.717, 1.165) is 21.6 Å². The number of aromatic nitrogens is 2. The Kier molecular flexibility index (Phi) is 4.70. The summed E-state index contributed by atoms with van der Waals surface area (Å²) in [5.41, 5.74) is 3.01. The van der Waals surface area contributed by atoms with Crippen LogP contribution in [0.1, 0.15) is 27.5 Å². The van der Waals surface area contributed by atoms with Gasteiger partial charge >= 0.3 is 12.1 Å². The topological polar surface area (TPSA) is 59.2 Å². The summed E-state index contributed by atoms with van der Waals surface area (Å²) in [4.78, 5) is 19.4. The average molecular weight is 407 g/mol. The zero-order valence-electron chi connectivity index (χ0n) is 14.9. The van der Waals surface area contributed by atoms with Gasteiger partial charge < -0.3 is 9.42 Å². The van der Waals surface area contributed by atoms with Gasteiger partial charge in [0.15, 0.2) is 0 Å². The van der Waals surface area contributed by atoms with Gasteiger partial charge in [-0.15, -0.1) is 11.3 Å². The fourth-order valence-electron chi connectivity index (χ4n) is 3.09. The lowest BCUT2D eigenvalue weighted by molar-refractivity contribution is -0.159. The van der Waals surface area contributed by atoms with E-state index in [1.54, 1.807) is 11.0 Å². The van der Waals surface area contributed by atoms with Crippen molar-refractivity contribution >= 4 is 17.2 Å². The van der Waals surface area contributed by atoms with Crippen molar-refractivity contribution in [1.29, 1.82) is 0 Å². The molecule has 0 spiro atoms. The zero-order valence-corrected chi connectivity index (χ0v) is 15.7. The molecular weight excluding hydrogens is 391 g/mol. The second kappa shape index (κ2) is 7.05. The second-order valence-corrected chi connectivity index (χ2v) is 7.84. The first kappa shape index (κ1) is 18.7. The highest BCUT2D eigenvalue weighted by Gasteiger charge is 2.38. The Balaban J connectivity index is 1.48. The minimum Gasteiger partial charge on any atom is -0.338 e. The number of fused-ring (bicyclic) bond motifs is 1. The maximum Gasteiger partial charge on any atom is 0.471 e. The Morgan fingerprint density at radius 1 is 1.29 bits per heavy atom. The summed E-state index contributed by atoms with van der Waals surface area (Å²) in [6.07, 6.45) is -3.68. The minimum atomic E-state index is -4.67. The van der Waals surface area contributed by atoms with E-state index in [0.29, 0.717) is 30.8 Å². The van der Waals surface area contributed by atoms with Crippen LogP contribution in [0.25, 0.3) is 10.7 Å². The van der Waals surface area contributed by atoms with Gasteiger partial charge in [-0.3, -0.25) is 4.79 Å². The second-order valence-electron chi connectivity index (χ2n) is 6.71. The monoisotopic (exact) mass is 407 g/mol. The highest BCUT2D eigenvalue weighted by atomic mass is 32.1. The lowest BCUT2D eigenvalue weighted by Gasteiger charge is -2.27. The quantitative estimate of drug-likeness (QED) is 0.651. The van der Waals surface area contributed by atoms with E-state index in [1.807, 2.05) is 31.2 Å². The van der Waals surface area contributed by atoms with E-state index < -0.39 is 12.1 Å². The van der Waals surface area contributed by atoms with Crippen LogP contribution in [0.15, 0.2) is 34.9 Å². The minimum absolute atomic E-state index is 0.0289. The SMILES string of the molecule is Cc1ccc(CC(=O)N2CCc3sc(-c4noc(C(F)(F)F)n4)cc3C2)cc1. The molecule has 4 rings (SSSR count). The molecule has 3 heterocycles. The van der Waals surface area contributed by atoms with Crippen LogP contribution in [0.4, 0.5) is 13.2 Å². The number of halogens is 3. The molecule has 2 aromatic heterocycles. The molecule has 146 valence electrons. The number of aryl methyl sites for hydroxylation is 1. The Hall–Kier alpha value is -2.68. The van der Waals surface area contributed by atoms with Crippen LogP contribution in [0, 0.1) is 6.92 Å². The molecule has 0 saturated carbocycles. The van der Waals surface area contributed by atoms with Crippen molar-refractivity contribution in [3.8, 4) is 10.7 Å². The van der Waals surface area contributed by atoms with E-state index in [-0.39, 0.29) is 11.7 Å². The summed E-state index contributed by atoms with van der Waals surface area (Å²) in [6.45, 7) is 3.01. The van der Waals surface area contributed by atoms with Gasteiger partial charge in [0.1, 0.15) is 0 Å². The smallest absolute Gasteiger partial charge is 0.338 e. The summed E-state index contributed by atoms with van der Waals surface area (Å²) < 4.78 is 42.2. The van der Waals surface area contributed by atoms with Crippen molar-refractivity contribution in [2.45, 2.75) is 32.5 Å². The standard InChI is InChI=1S/C19H16F3N3O2S/c1-11-2-4-12(5-3-11)8-16(26)25-7-6-14-13(10-25)9-15(28-14)17-23-18(27-24-17)19(20,21)22/h2-5,9H,6-8,10H2,1H3. The van der Waals surface area contributed by atoms with Gasteiger partial charge in [-0.25, -0.2) is 0 Å². The van der Waals surface area contributed by atoms with Crippen LogP contribution in [0.2, 0.25) is 0 Å². The first-order valence-electron chi connectivity index (χ1n) is 8.66. The van der Waals surface area contributed by atoms with Crippen molar-refractivity contribution in [1.82, 2.24) is 15.0 Å². The normalized spacial score (nSPS) is 14.2. The molecule has 1 aliphatic rings. The van der Waals surface area contributed by atoms with E-state index >= 15 is 0 Å². The highest BCUT2D eigenvalue weighted by Crippen LogP contribution is 2.35. The first-order chi connectivity index (χ1) is 13.3. The molecule has 0 saturated heterocycles. The van der Waals surface area contributed by atoms with Gasteiger partial charge in [0.05, 0.1) is 11.3 Å². The van der Waals surface area contributed by atoms with Crippen LogP contribution in [-0.2, 0) is 30.4 Å². The number of amides is 1. The van der Waals surface area contributed by atoms with Gasteiger partial charge in [-0.05, 0) is 30.5 Å². The van der Waals surface area contributed by atoms with Gasteiger partial charge in [0.25, 0.3) is 0 Å². The molecule has 3 aromatic rings. The first-order valence-corrected chi connectivity index (χ1v) is 9.47. The third kappa shape index (κ3) is 3.80. The molecule has 0 aliphatic carbocycles. The highest BCUT2D eigenvalue weighted by molar-refractivity contribution is 7.15. The average Bonchev–Trinajstić information content (AvgIpc) is 3.29. The molecule has 1 aliphatic heterocycles. The van der Waals surface area contributed by atoms with Crippen LogP contribution < -0.4 is 0 Å². The van der Waals surface area contributed by atoms with E-state index in [4.69, 9.17) is 0 Å². The number of rotatable bonds is 3. The van der Waals surface area contributed by atoms with Crippen molar-refractivity contribution in [3.05, 3.63) is 57.8 Å². The Morgan fingerprint density at radius 3 is 2.71 bits per heavy atom. The molecule has 0 fully saturated rings. The Bertz CT molecular complexity index is 1010. The summed E-state index contributed by atoms with van der Waals surface area (Å²) in [5, 5.41) is 3.44. The number of thiophene rings is 1. The van der Waals surface area contributed by atoms with Crippen molar-refractivity contribution < 1.29 is 22.5 Å². The maximum absolute atomic E-state index is 12.6. The Labute approximate surface area is 162 Å². The van der Waals surface area contributed by atoms with E-state index in [1.165, 1.54) is 11.3 Å². The molecule has 5 nitrogen and oxygen atoms in total. The van der Waals surface area contributed by atoms with E-state index in [2.05, 4.69) is 14.7 Å². The fourth-order valence-corrected chi connectivity index (χ4v) is 4.18. The Morgan fingerprint density at radius 2 is 2.04 bits per heavy atom. The molecular formula is C19H16F3N3O2S. The predicted molar refractivity (Wildman–Crippen MR) is 96.6 cm³/mol. The molecule has 28 heavy (non-hydrogen) atoms. The summed E-state index contributed by atoms with van der Waals surface area (Å²) in [5.74, 6) is -1.41. The number of benzene rings is 1. The van der Waals surface area contributed by atoms with E-state index in [9.17, 15) is 18.0 Å². The summed E-state index contributed by atoms with van der Waals surface area (Å²) >= 11 is 1.34. The maximum atomic E-state index is 12.6. The number of hydrogen-bond acceptors (Lipinski definition) is 5. The van der Waals surface area contributed by atoms with Crippen LogP contribution in [0.3, 0.4) is 0 Å². The zero-order chi connectivity index (χ0) is 19.9. The van der Waals surface area contributed by atoms with Crippen LogP contribution >= 0.6 is 11.3 Å². The molecule has 0 N–H and O–H groups in total. The molecule has 0 bridgehead atoms. The third-order valence-corrected chi connectivity index (χ3v) is 5.82. The summed E-state index contributed by atoms with van der Waals surface area (Å²) in [7, 11) is 0.